The van der Waals surface area contributed by atoms with Crippen LogP contribution in [0.5, 0.6) is 0 Å². The number of rotatable bonds is 12. The van der Waals surface area contributed by atoms with Gasteiger partial charge in [0.1, 0.15) is 0 Å². The van der Waals surface area contributed by atoms with Gasteiger partial charge in [0.25, 0.3) is 0 Å². The highest BCUT2D eigenvalue weighted by Gasteiger charge is 2.08. The molecule has 0 atom stereocenters. The molecule has 0 radical (unpaired) electrons. The highest BCUT2D eigenvalue weighted by molar-refractivity contribution is 7.15. The first-order valence-electron chi connectivity index (χ1n) is 8.36. The summed E-state index contributed by atoms with van der Waals surface area (Å²) in [5.74, 6) is 0. The van der Waals surface area contributed by atoms with Gasteiger partial charge >= 0.3 is 0 Å². The summed E-state index contributed by atoms with van der Waals surface area (Å²) in [5.41, 5.74) is 0. The van der Waals surface area contributed by atoms with E-state index in [1.54, 1.807) is 11.3 Å². The molecule has 0 fully saturated rings. The van der Waals surface area contributed by atoms with Crippen molar-refractivity contribution in [2.24, 2.45) is 0 Å². The fourth-order valence-electron chi connectivity index (χ4n) is 2.32. The number of nitrogens with one attached hydrogen (secondary N) is 1. The second-order valence-corrected chi connectivity index (χ2v) is 6.42. The van der Waals surface area contributed by atoms with Crippen LogP contribution in [0.4, 0.5) is 5.13 Å². The summed E-state index contributed by atoms with van der Waals surface area (Å²) in [4.78, 5) is 10.8. The Labute approximate surface area is 134 Å². The summed E-state index contributed by atoms with van der Waals surface area (Å²) in [6, 6.07) is 0. The Kier molecular flexibility index (Phi) is 9.63. The summed E-state index contributed by atoms with van der Waals surface area (Å²) >= 11 is 1.79. The minimum Gasteiger partial charge on any atom is -0.362 e. The van der Waals surface area contributed by atoms with E-state index in [0.717, 1.165) is 44.3 Å². The van der Waals surface area contributed by atoms with Gasteiger partial charge in [0.05, 0.1) is 0 Å². The first kappa shape index (κ1) is 18.4. The van der Waals surface area contributed by atoms with Crippen molar-refractivity contribution >= 4 is 16.5 Å². The first-order valence-corrected chi connectivity index (χ1v) is 9.18. The summed E-state index contributed by atoms with van der Waals surface area (Å²) in [6.07, 6.45) is 4.41. The Hall–Kier alpha value is -0.650. The molecule has 1 rings (SSSR count). The van der Waals surface area contributed by atoms with Crippen molar-refractivity contribution in [3.05, 3.63) is 11.1 Å². The van der Waals surface area contributed by atoms with Crippen molar-refractivity contribution in [2.75, 3.05) is 44.6 Å². The molecule has 1 N–H and O–H groups in total. The SMILES string of the molecule is CCCNc1ncc(CN(CC)CCCN(CC)CC)s1. The molecule has 0 aromatic carbocycles. The van der Waals surface area contributed by atoms with Gasteiger partial charge < -0.3 is 10.2 Å². The molecule has 0 bridgehead atoms. The molecule has 1 aromatic rings. The van der Waals surface area contributed by atoms with E-state index in [1.165, 1.54) is 24.4 Å². The highest BCUT2D eigenvalue weighted by atomic mass is 32.1. The van der Waals surface area contributed by atoms with Gasteiger partial charge in [0.15, 0.2) is 5.13 Å². The lowest BCUT2D eigenvalue weighted by Gasteiger charge is -2.22. The van der Waals surface area contributed by atoms with Crippen LogP contribution in [0, 0.1) is 0 Å². The molecule has 1 heterocycles. The van der Waals surface area contributed by atoms with Crippen molar-refractivity contribution in [3.63, 3.8) is 0 Å². The molecule has 0 aliphatic rings. The molecule has 122 valence electrons. The van der Waals surface area contributed by atoms with Crippen molar-refractivity contribution in [3.8, 4) is 0 Å². The van der Waals surface area contributed by atoms with Crippen molar-refractivity contribution in [1.29, 1.82) is 0 Å². The quantitative estimate of drug-likeness (QED) is 0.640. The van der Waals surface area contributed by atoms with Crippen LogP contribution in [-0.2, 0) is 6.54 Å². The van der Waals surface area contributed by atoms with Crippen molar-refractivity contribution < 1.29 is 0 Å². The number of anilines is 1. The van der Waals surface area contributed by atoms with E-state index in [9.17, 15) is 0 Å². The van der Waals surface area contributed by atoms with Crippen LogP contribution in [-0.4, -0.2) is 54.1 Å². The smallest absolute Gasteiger partial charge is 0.182 e. The third-order valence-electron chi connectivity index (χ3n) is 3.75. The van der Waals surface area contributed by atoms with Gasteiger partial charge in [0, 0.05) is 24.2 Å². The highest BCUT2D eigenvalue weighted by Crippen LogP contribution is 2.19. The Balaban J connectivity index is 2.34. The molecule has 4 nitrogen and oxygen atoms in total. The summed E-state index contributed by atoms with van der Waals surface area (Å²) in [5, 5.41) is 4.42. The number of hydrogen-bond donors (Lipinski definition) is 1. The maximum absolute atomic E-state index is 4.45. The summed E-state index contributed by atoms with van der Waals surface area (Å²) < 4.78 is 0. The molecule has 0 aliphatic heterocycles. The lowest BCUT2D eigenvalue weighted by Crippen LogP contribution is -2.29. The van der Waals surface area contributed by atoms with Crippen LogP contribution >= 0.6 is 11.3 Å². The minimum absolute atomic E-state index is 1.01. The lowest BCUT2D eigenvalue weighted by molar-refractivity contribution is 0.239. The Morgan fingerprint density at radius 1 is 1.05 bits per heavy atom. The summed E-state index contributed by atoms with van der Waals surface area (Å²) in [7, 11) is 0. The van der Waals surface area contributed by atoms with Crippen LogP contribution < -0.4 is 5.32 Å². The largest absolute Gasteiger partial charge is 0.362 e. The number of nitrogens with zero attached hydrogens (tertiary/aromatic N) is 3. The van der Waals surface area contributed by atoms with Crippen LogP contribution in [0.25, 0.3) is 0 Å². The van der Waals surface area contributed by atoms with E-state index in [-0.39, 0.29) is 0 Å². The van der Waals surface area contributed by atoms with Crippen molar-refractivity contribution in [1.82, 2.24) is 14.8 Å². The van der Waals surface area contributed by atoms with E-state index >= 15 is 0 Å². The molecule has 21 heavy (non-hydrogen) atoms. The van der Waals surface area contributed by atoms with Crippen LogP contribution in [0.1, 0.15) is 45.4 Å². The second kappa shape index (κ2) is 11.0. The van der Waals surface area contributed by atoms with E-state index in [4.69, 9.17) is 0 Å². The summed E-state index contributed by atoms with van der Waals surface area (Å²) in [6.45, 7) is 16.7. The first-order chi connectivity index (χ1) is 10.2. The fourth-order valence-corrected chi connectivity index (χ4v) is 3.20. The second-order valence-electron chi connectivity index (χ2n) is 5.31. The molecule has 5 heteroatoms. The topological polar surface area (TPSA) is 31.4 Å². The third kappa shape index (κ3) is 7.25. The molecule has 0 saturated carbocycles. The van der Waals surface area contributed by atoms with Crippen LogP contribution in [0.15, 0.2) is 6.20 Å². The maximum atomic E-state index is 4.45. The fraction of sp³-hybridized carbons (Fsp3) is 0.812. The molecule has 0 spiro atoms. The molecule has 1 aromatic heterocycles. The Morgan fingerprint density at radius 3 is 2.33 bits per heavy atom. The zero-order chi connectivity index (χ0) is 15.5. The molecule has 0 amide bonds. The molecule has 0 unspecified atom stereocenters. The minimum atomic E-state index is 1.01. The average molecular weight is 313 g/mol. The standard InChI is InChI=1S/C16H32N4S/c1-5-10-17-16-18-13-15(21-16)14-20(8-4)12-9-11-19(6-2)7-3/h13H,5-12,14H2,1-4H3,(H,17,18). The van der Waals surface area contributed by atoms with E-state index in [2.05, 4.69) is 47.8 Å². The van der Waals surface area contributed by atoms with E-state index < -0.39 is 0 Å². The van der Waals surface area contributed by atoms with Gasteiger partial charge in [-0.05, 0) is 45.6 Å². The van der Waals surface area contributed by atoms with E-state index in [1.807, 2.05) is 6.20 Å². The van der Waals surface area contributed by atoms with Gasteiger partial charge in [0.2, 0.25) is 0 Å². The van der Waals surface area contributed by atoms with Gasteiger partial charge in [-0.25, -0.2) is 4.98 Å². The average Bonchev–Trinajstić information content (AvgIpc) is 2.95. The Bertz CT molecular complexity index is 363. The molecular formula is C16H32N4S. The number of hydrogen-bond acceptors (Lipinski definition) is 5. The van der Waals surface area contributed by atoms with Crippen LogP contribution in [0.3, 0.4) is 0 Å². The van der Waals surface area contributed by atoms with Gasteiger partial charge in [-0.3, -0.25) is 4.90 Å². The monoisotopic (exact) mass is 312 g/mol. The van der Waals surface area contributed by atoms with Gasteiger partial charge in [-0.2, -0.15) is 0 Å². The molecule has 0 saturated heterocycles. The number of aromatic nitrogens is 1. The van der Waals surface area contributed by atoms with Crippen molar-refractivity contribution in [2.45, 2.75) is 47.1 Å². The van der Waals surface area contributed by atoms with Gasteiger partial charge in [-0.15, -0.1) is 11.3 Å². The maximum Gasteiger partial charge on any atom is 0.182 e. The zero-order valence-corrected chi connectivity index (χ0v) is 15.0. The van der Waals surface area contributed by atoms with E-state index in [0.29, 0.717) is 0 Å². The predicted molar refractivity (Wildman–Crippen MR) is 94.3 cm³/mol. The van der Waals surface area contributed by atoms with Gasteiger partial charge in [-0.1, -0.05) is 27.7 Å². The third-order valence-corrected chi connectivity index (χ3v) is 4.69. The molecular weight excluding hydrogens is 280 g/mol. The number of thiazole rings is 1. The Morgan fingerprint density at radius 2 is 1.71 bits per heavy atom. The molecule has 0 aliphatic carbocycles. The lowest BCUT2D eigenvalue weighted by atomic mass is 10.3. The van der Waals surface area contributed by atoms with Crippen LogP contribution in [0.2, 0.25) is 0 Å². The zero-order valence-electron chi connectivity index (χ0n) is 14.2. The normalized spacial score (nSPS) is 11.5. The predicted octanol–water partition coefficient (Wildman–Crippen LogP) is 3.52.